The summed E-state index contributed by atoms with van der Waals surface area (Å²) in [5, 5.41) is 12.0. The average molecular weight is 366 g/mol. The molecule has 142 valence electrons. The van der Waals surface area contributed by atoms with E-state index in [9.17, 15) is 10.1 Å². The smallest absolute Gasteiger partial charge is 0.240 e. The molecule has 2 heterocycles. The molecule has 6 heteroatoms. The Labute approximate surface area is 160 Å². The van der Waals surface area contributed by atoms with Crippen LogP contribution in [-0.2, 0) is 4.79 Å². The molecule has 0 unspecified atom stereocenters. The summed E-state index contributed by atoms with van der Waals surface area (Å²) < 4.78 is 5.51. The van der Waals surface area contributed by atoms with Gasteiger partial charge in [-0.1, -0.05) is 12.1 Å². The Morgan fingerprint density at radius 1 is 1.15 bits per heavy atom. The molecule has 1 aromatic carbocycles. The third-order valence-electron chi connectivity index (χ3n) is 5.41. The quantitative estimate of drug-likeness (QED) is 0.900. The van der Waals surface area contributed by atoms with Crippen LogP contribution in [0.4, 0.5) is 11.6 Å². The number of amides is 1. The molecule has 0 atom stereocenters. The lowest BCUT2D eigenvalue weighted by Crippen LogP contribution is -2.48. The van der Waals surface area contributed by atoms with Crippen molar-refractivity contribution < 1.29 is 9.21 Å². The minimum absolute atomic E-state index is 0.152. The van der Waals surface area contributed by atoms with E-state index in [-0.39, 0.29) is 11.8 Å². The maximum atomic E-state index is 12.4. The highest BCUT2D eigenvalue weighted by Gasteiger charge is 2.22. The molecule has 2 aromatic rings. The number of piperazine rings is 1. The van der Waals surface area contributed by atoms with E-state index in [4.69, 9.17) is 4.42 Å². The number of furan rings is 1. The Bertz CT molecular complexity index is 886. The minimum atomic E-state index is -0.152. The number of anilines is 2. The Hall–Kier alpha value is -2.78. The SMILES string of the molecule is Cc1cccc(N2CCN(CC(=O)Nc3oc(C)c(C)c3C#N)CC2)c1C. The van der Waals surface area contributed by atoms with Gasteiger partial charge < -0.3 is 9.32 Å². The second kappa shape index (κ2) is 7.85. The van der Waals surface area contributed by atoms with Crippen LogP contribution in [0.5, 0.6) is 0 Å². The molecular weight excluding hydrogens is 340 g/mol. The first-order valence-electron chi connectivity index (χ1n) is 9.24. The Kier molecular flexibility index (Phi) is 5.52. The molecule has 0 bridgehead atoms. The third kappa shape index (κ3) is 3.99. The first kappa shape index (κ1) is 19.0. The second-order valence-corrected chi connectivity index (χ2v) is 7.13. The molecule has 0 spiro atoms. The van der Waals surface area contributed by atoms with E-state index < -0.39 is 0 Å². The van der Waals surface area contributed by atoms with Crippen LogP contribution in [0.2, 0.25) is 0 Å². The number of aryl methyl sites for hydroxylation is 2. The van der Waals surface area contributed by atoms with Crippen LogP contribution in [0.3, 0.4) is 0 Å². The van der Waals surface area contributed by atoms with Crippen molar-refractivity contribution in [2.75, 3.05) is 42.9 Å². The summed E-state index contributed by atoms with van der Waals surface area (Å²) in [6, 6.07) is 8.49. The van der Waals surface area contributed by atoms with Crippen molar-refractivity contribution in [2.24, 2.45) is 0 Å². The Balaban J connectivity index is 1.56. The summed E-state index contributed by atoms with van der Waals surface area (Å²) in [7, 11) is 0. The third-order valence-corrected chi connectivity index (χ3v) is 5.41. The van der Waals surface area contributed by atoms with Gasteiger partial charge in [-0.25, -0.2) is 0 Å². The molecule has 0 aliphatic carbocycles. The van der Waals surface area contributed by atoms with Gasteiger partial charge in [-0.2, -0.15) is 5.26 Å². The monoisotopic (exact) mass is 366 g/mol. The van der Waals surface area contributed by atoms with Crippen LogP contribution in [0.15, 0.2) is 22.6 Å². The number of nitrogens with zero attached hydrogens (tertiary/aromatic N) is 3. The van der Waals surface area contributed by atoms with Gasteiger partial charge in [-0.15, -0.1) is 0 Å². The summed E-state index contributed by atoms with van der Waals surface area (Å²) >= 11 is 0. The van der Waals surface area contributed by atoms with Gasteiger partial charge in [0.15, 0.2) is 0 Å². The van der Waals surface area contributed by atoms with Crippen molar-refractivity contribution in [1.82, 2.24) is 4.90 Å². The van der Waals surface area contributed by atoms with Crippen LogP contribution in [0.1, 0.15) is 28.0 Å². The van der Waals surface area contributed by atoms with Gasteiger partial charge in [0.1, 0.15) is 17.4 Å². The summed E-state index contributed by atoms with van der Waals surface area (Å²) in [6.45, 7) is 11.6. The zero-order chi connectivity index (χ0) is 19.6. The van der Waals surface area contributed by atoms with Gasteiger partial charge in [0.05, 0.1) is 6.54 Å². The normalized spacial score (nSPS) is 14.9. The van der Waals surface area contributed by atoms with E-state index in [0.717, 1.165) is 31.7 Å². The highest BCUT2D eigenvalue weighted by Crippen LogP contribution is 2.26. The lowest BCUT2D eigenvalue weighted by Gasteiger charge is -2.36. The van der Waals surface area contributed by atoms with Gasteiger partial charge in [-0.3, -0.25) is 15.0 Å². The zero-order valence-electron chi connectivity index (χ0n) is 16.4. The summed E-state index contributed by atoms with van der Waals surface area (Å²) in [5.74, 6) is 0.760. The van der Waals surface area contributed by atoms with Crippen LogP contribution < -0.4 is 10.2 Å². The number of nitriles is 1. The standard InChI is InChI=1S/C21H26N4O2/c1-14-6-5-7-19(15(14)2)25-10-8-24(9-11-25)13-20(26)23-21-18(12-22)16(3)17(4)27-21/h5-7H,8-11,13H2,1-4H3,(H,23,26). The van der Waals surface area contributed by atoms with Gasteiger partial charge in [-0.05, 0) is 44.9 Å². The van der Waals surface area contributed by atoms with E-state index >= 15 is 0 Å². The highest BCUT2D eigenvalue weighted by molar-refractivity contribution is 5.92. The fraction of sp³-hybridized carbons (Fsp3) is 0.429. The number of hydrogen-bond acceptors (Lipinski definition) is 5. The van der Waals surface area contributed by atoms with Crippen molar-refractivity contribution >= 4 is 17.5 Å². The van der Waals surface area contributed by atoms with Crippen LogP contribution in [0, 0.1) is 39.0 Å². The van der Waals surface area contributed by atoms with Crippen LogP contribution in [0.25, 0.3) is 0 Å². The maximum Gasteiger partial charge on any atom is 0.240 e. The van der Waals surface area contributed by atoms with Gasteiger partial charge in [0.2, 0.25) is 11.8 Å². The number of benzene rings is 1. The van der Waals surface area contributed by atoms with Crippen molar-refractivity contribution in [3.05, 3.63) is 46.2 Å². The van der Waals surface area contributed by atoms with Crippen molar-refractivity contribution in [1.29, 1.82) is 5.26 Å². The molecular formula is C21H26N4O2. The summed E-state index contributed by atoms with van der Waals surface area (Å²) in [4.78, 5) is 16.9. The van der Waals surface area contributed by atoms with E-state index in [1.165, 1.54) is 16.8 Å². The lowest BCUT2D eigenvalue weighted by atomic mass is 10.1. The van der Waals surface area contributed by atoms with Crippen LogP contribution >= 0.6 is 0 Å². The number of nitrogens with one attached hydrogen (secondary N) is 1. The average Bonchev–Trinajstić information content (AvgIpc) is 2.91. The Morgan fingerprint density at radius 3 is 2.52 bits per heavy atom. The zero-order valence-corrected chi connectivity index (χ0v) is 16.4. The van der Waals surface area contributed by atoms with Crippen molar-refractivity contribution in [3.8, 4) is 6.07 Å². The Morgan fingerprint density at radius 2 is 1.85 bits per heavy atom. The molecule has 1 aliphatic rings. The molecule has 6 nitrogen and oxygen atoms in total. The van der Waals surface area contributed by atoms with E-state index in [1.807, 2.05) is 6.92 Å². The van der Waals surface area contributed by atoms with E-state index in [0.29, 0.717) is 17.9 Å². The molecule has 27 heavy (non-hydrogen) atoms. The van der Waals surface area contributed by atoms with E-state index in [2.05, 4.69) is 53.2 Å². The van der Waals surface area contributed by atoms with Crippen molar-refractivity contribution in [3.63, 3.8) is 0 Å². The molecule has 0 radical (unpaired) electrons. The topological polar surface area (TPSA) is 72.5 Å². The van der Waals surface area contributed by atoms with Gasteiger partial charge in [0, 0.05) is 37.4 Å². The number of carbonyl (C=O) groups excluding carboxylic acids is 1. The van der Waals surface area contributed by atoms with Gasteiger partial charge in [0.25, 0.3) is 0 Å². The predicted octanol–water partition coefficient (Wildman–Crippen LogP) is 3.15. The fourth-order valence-electron chi connectivity index (χ4n) is 3.44. The molecule has 1 amide bonds. The number of carbonyl (C=O) groups is 1. The first-order chi connectivity index (χ1) is 12.9. The molecule has 1 aliphatic heterocycles. The first-order valence-corrected chi connectivity index (χ1v) is 9.24. The van der Waals surface area contributed by atoms with E-state index in [1.54, 1.807) is 6.92 Å². The molecule has 1 fully saturated rings. The minimum Gasteiger partial charge on any atom is -0.444 e. The fourth-order valence-corrected chi connectivity index (χ4v) is 3.44. The van der Waals surface area contributed by atoms with Crippen LogP contribution in [-0.4, -0.2) is 43.5 Å². The molecule has 1 saturated heterocycles. The molecule has 0 saturated carbocycles. The predicted molar refractivity (Wildman–Crippen MR) is 106 cm³/mol. The largest absolute Gasteiger partial charge is 0.444 e. The number of rotatable bonds is 4. The van der Waals surface area contributed by atoms with Crippen molar-refractivity contribution in [2.45, 2.75) is 27.7 Å². The molecule has 1 aromatic heterocycles. The molecule has 1 N–H and O–H groups in total. The second-order valence-electron chi connectivity index (χ2n) is 7.13. The lowest BCUT2D eigenvalue weighted by molar-refractivity contribution is -0.117. The molecule has 3 rings (SSSR count). The summed E-state index contributed by atoms with van der Waals surface area (Å²) in [6.07, 6.45) is 0. The maximum absolute atomic E-state index is 12.4. The number of hydrogen-bond donors (Lipinski definition) is 1. The van der Waals surface area contributed by atoms with Gasteiger partial charge >= 0.3 is 0 Å². The highest BCUT2D eigenvalue weighted by atomic mass is 16.4. The summed E-state index contributed by atoms with van der Waals surface area (Å²) in [5.41, 5.74) is 5.07.